The molecule has 1 amide bonds. The molecule has 1 aliphatic carbocycles. The van der Waals surface area contributed by atoms with E-state index >= 15 is 0 Å². The van der Waals surface area contributed by atoms with Gasteiger partial charge in [-0.2, -0.15) is 0 Å². The van der Waals surface area contributed by atoms with Crippen molar-refractivity contribution in [2.45, 2.75) is 25.8 Å². The average Bonchev–Trinajstić information content (AvgIpc) is 3.12. The number of ether oxygens (including phenoxy) is 1. The van der Waals surface area contributed by atoms with Crippen molar-refractivity contribution in [1.29, 1.82) is 0 Å². The summed E-state index contributed by atoms with van der Waals surface area (Å²) in [5.41, 5.74) is 0.659. The molecule has 0 aliphatic heterocycles. The van der Waals surface area contributed by atoms with Crippen LogP contribution in [0.5, 0.6) is 0 Å². The van der Waals surface area contributed by atoms with Gasteiger partial charge in [-0.1, -0.05) is 12.5 Å². The molecule has 2 aromatic heterocycles. The van der Waals surface area contributed by atoms with Crippen LogP contribution in [0.1, 0.15) is 25.0 Å². The van der Waals surface area contributed by atoms with Crippen molar-refractivity contribution in [3.63, 3.8) is 0 Å². The van der Waals surface area contributed by atoms with Crippen LogP contribution >= 0.6 is 22.7 Å². The van der Waals surface area contributed by atoms with E-state index < -0.39 is 0 Å². The van der Waals surface area contributed by atoms with Gasteiger partial charge in [0.25, 0.3) is 0 Å². The summed E-state index contributed by atoms with van der Waals surface area (Å²) >= 11 is 3.32. The van der Waals surface area contributed by atoms with E-state index in [0.717, 1.165) is 30.0 Å². The van der Waals surface area contributed by atoms with E-state index in [9.17, 15) is 4.79 Å². The van der Waals surface area contributed by atoms with Gasteiger partial charge in [-0.25, -0.2) is 4.98 Å². The molecule has 22 heavy (non-hydrogen) atoms. The van der Waals surface area contributed by atoms with Crippen molar-refractivity contribution >= 4 is 28.6 Å². The first-order valence-electron chi connectivity index (χ1n) is 7.37. The molecule has 0 spiro atoms. The average molecular weight is 336 g/mol. The number of amides is 1. The zero-order valence-electron chi connectivity index (χ0n) is 12.9. The van der Waals surface area contributed by atoms with E-state index in [1.807, 2.05) is 18.5 Å². The van der Waals surface area contributed by atoms with E-state index in [-0.39, 0.29) is 11.3 Å². The van der Waals surface area contributed by atoms with E-state index in [4.69, 9.17) is 4.74 Å². The van der Waals surface area contributed by atoms with E-state index in [2.05, 4.69) is 16.4 Å². The molecule has 0 aromatic carbocycles. The Morgan fingerprint density at radius 3 is 2.86 bits per heavy atom. The summed E-state index contributed by atoms with van der Waals surface area (Å²) in [4.78, 5) is 20.3. The van der Waals surface area contributed by atoms with E-state index in [1.54, 1.807) is 34.7 Å². The molecule has 0 bridgehead atoms. The van der Waals surface area contributed by atoms with Gasteiger partial charge in [-0.05, 0) is 24.3 Å². The first kappa shape index (κ1) is 15.6. The number of aromatic nitrogens is 1. The summed E-state index contributed by atoms with van der Waals surface area (Å²) in [7, 11) is 3.53. The lowest BCUT2D eigenvalue weighted by molar-refractivity contribution is -0.151. The van der Waals surface area contributed by atoms with Crippen LogP contribution in [0, 0.1) is 5.41 Å². The summed E-state index contributed by atoms with van der Waals surface area (Å²) in [6.07, 6.45) is 2.98. The predicted molar refractivity (Wildman–Crippen MR) is 90.1 cm³/mol. The molecule has 2 aromatic rings. The van der Waals surface area contributed by atoms with Gasteiger partial charge < -0.3 is 9.64 Å². The number of thiazole rings is 1. The highest BCUT2D eigenvalue weighted by molar-refractivity contribution is 7.20. The molecule has 0 saturated heterocycles. The molecule has 2 heterocycles. The largest absolute Gasteiger partial charge is 0.384 e. The molecule has 0 N–H and O–H groups in total. The molecule has 1 aliphatic rings. The second-order valence-electron chi connectivity index (χ2n) is 5.85. The van der Waals surface area contributed by atoms with Crippen LogP contribution in [0.25, 0.3) is 9.88 Å². The van der Waals surface area contributed by atoms with Gasteiger partial charge in [-0.3, -0.25) is 4.79 Å². The third-order valence-corrected chi connectivity index (χ3v) is 6.14. The lowest BCUT2D eigenvalue weighted by Crippen LogP contribution is -2.49. The Morgan fingerprint density at radius 2 is 2.27 bits per heavy atom. The quantitative estimate of drug-likeness (QED) is 0.809. The van der Waals surface area contributed by atoms with Crippen molar-refractivity contribution in [3.05, 3.63) is 28.6 Å². The third-order valence-electron chi connectivity index (χ3n) is 4.21. The zero-order valence-corrected chi connectivity index (χ0v) is 14.5. The lowest BCUT2D eigenvalue weighted by Gasteiger charge is -2.41. The smallest absolute Gasteiger partial charge is 0.231 e. The number of carbonyl (C=O) groups excluding carboxylic acids is 1. The SMILES string of the molecule is COCC1(C(=O)N(C)Cc2csc(-c3cccs3)n2)CCC1. The Kier molecular flexibility index (Phi) is 4.61. The normalized spacial score (nSPS) is 16.3. The zero-order chi connectivity index (χ0) is 15.6. The summed E-state index contributed by atoms with van der Waals surface area (Å²) in [6.45, 7) is 1.08. The van der Waals surface area contributed by atoms with Gasteiger partial charge in [0.1, 0.15) is 5.01 Å². The molecule has 1 saturated carbocycles. The predicted octanol–water partition coefficient (Wildman–Crippen LogP) is 3.65. The second kappa shape index (κ2) is 6.48. The molecule has 1 fully saturated rings. The van der Waals surface area contributed by atoms with Gasteiger partial charge in [0.05, 0.1) is 29.1 Å². The van der Waals surface area contributed by atoms with Gasteiger partial charge in [0.2, 0.25) is 5.91 Å². The topological polar surface area (TPSA) is 42.4 Å². The summed E-state index contributed by atoms with van der Waals surface area (Å²) < 4.78 is 5.26. The number of carbonyl (C=O) groups is 1. The Hall–Kier alpha value is -1.24. The highest BCUT2D eigenvalue weighted by Gasteiger charge is 2.45. The number of methoxy groups -OCH3 is 1. The molecule has 3 rings (SSSR count). The molecule has 118 valence electrons. The molecule has 0 atom stereocenters. The molecule has 0 unspecified atom stereocenters. The number of hydrogen-bond acceptors (Lipinski definition) is 5. The Labute approximate surface area is 138 Å². The minimum atomic E-state index is -0.296. The molecule has 6 heteroatoms. The first-order valence-corrected chi connectivity index (χ1v) is 9.13. The number of hydrogen-bond donors (Lipinski definition) is 0. The van der Waals surface area contributed by atoms with E-state index in [0.29, 0.717) is 13.2 Å². The monoisotopic (exact) mass is 336 g/mol. The van der Waals surface area contributed by atoms with Crippen LogP contribution in [-0.2, 0) is 16.1 Å². The maximum Gasteiger partial charge on any atom is 0.231 e. The number of rotatable bonds is 6. The number of thiophene rings is 1. The van der Waals surface area contributed by atoms with Crippen molar-refractivity contribution in [2.75, 3.05) is 20.8 Å². The molecule has 4 nitrogen and oxygen atoms in total. The Morgan fingerprint density at radius 1 is 1.45 bits per heavy atom. The standard InChI is InChI=1S/C16H20N2O2S2/c1-18(15(19)16(11-20-2)6-4-7-16)9-12-10-22-14(17-12)13-5-3-8-21-13/h3,5,8,10H,4,6-7,9,11H2,1-2H3. The molecular formula is C16H20N2O2S2. The lowest BCUT2D eigenvalue weighted by atomic mass is 9.68. The summed E-state index contributed by atoms with van der Waals surface area (Å²) in [5, 5.41) is 5.13. The summed E-state index contributed by atoms with van der Waals surface area (Å²) in [5.74, 6) is 0.186. The van der Waals surface area contributed by atoms with Crippen molar-refractivity contribution in [2.24, 2.45) is 5.41 Å². The van der Waals surface area contributed by atoms with Crippen LogP contribution in [0.15, 0.2) is 22.9 Å². The molecular weight excluding hydrogens is 316 g/mol. The fourth-order valence-electron chi connectivity index (χ4n) is 2.91. The van der Waals surface area contributed by atoms with Crippen LogP contribution in [0.4, 0.5) is 0 Å². The fourth-order valence-corrected chi connectivity index (χ4v) is 4.54. The van der Waals surface area contributed by atoms with Crippen LogP contribution in [0.3, 0.4) is 0 Å². The van der Waals surface area contributed by atoms with Crippen LogP contribution < -0.4 is 0 Å². The first-order chi connectivity index (χ1) is 10.6. The second-order valence-corrected chi connectivity index (χ2v) is 7.66. The fraction of sp³-hybridized carbons (Fsp3) is 0.500. The van der Waals surface area contributed by atoms with Crippen LogP contribution in [-0.4, -0.2) is 36.6 Å². The van der Waals surface area contributed by atoms with E-state index in [1.165, 1.54) is 4.88 Å². The van der Waals surface area contributed by atoms with Gasteiger partial charge in [0.15, 0.2) is 0 Å². The van der Waals surface area contributed by atoms with Crippen molar-refractivity contribution in [3.8, 4) is 9.88 Å². The summed E-state index contributed by atoms with van der Waals surface area (Å²) in [6, 6.07) is 4.10. The van der Waals surface area contributed by atoms with Crippen molar-refractivity contribution in [1.82, 2.24) is 9.88 Å². The Balaban J connectivity index is 1.66. The van der Waals surface area contributed by atoms with Gasteiger partial charge in [0, 0.05) is 19.5 Å². The Bertz CT molecular complexity index is 632. The molecule has 0 radical (unpaired) electrons. The minimum Gasteiger partial charge on any atom is -0.384 e. The van der Waals surface area contributed by atoms with Gasteiger partial charge >= 0.3 is 0 Å². The van der Waals surface area contributed by atoms with Gasteiger partial charge in [-0.15, -0.1) is 22.7 Å². The van der Waals surface area contributed by atoms with Crippen LogP contribution in [0.2, 0.25) is 0 Å². The maximum atomic E-state index is 12.7. The van der Waals surface area contributed by atoms with Crippen molar-refractivity contribution < 1.29 is 9.53 Å². The highest BCUT2D eigenvalue weighted by atomic mass is 32.1. The maximum absolute atomic E-state index is 12.7. The highest BCUT2D eigenvalue weighted by Crippen LogP contribution is 2.42. The third kappa shape index (κ3) is 2.95. The minimum absolute atomic E-state index is 0.186. The number of nitrogens with zero attached hydrogens (tertiary/aromatic N) is 2.